The maximum absolute atomic E-state index is 12.9. The lowest BCUT2D eigenvalue weighted by Gasteiger charge is -2.25. The fourth-order valence-electron chi connectivity index (χ4n) is 2.66. The molecular weight excluding hydrogens is 490 g/mol. The van der Waals surface area contributed by atoms with Gasteiger partial charge in [-0.1, -0.05) is 0 Å². The highest BCUT2D eigenvalue weighted by atomic mass is 32.2. The fraction of sp³-hybridized carbons (Fsp3) is 0.684. The average molecular weight is 524 g/mol. The standard InChI is InChI=1S/C19H33N5O8S2/c1-33-7-5-11(22-16(28)10(20)9-15(26)27)17(29)23-12(6-8-34-2)18(30)24-13(19(31)32)3-4-14(21)25/h10-13H,3-9,20H2,1-2H3,(H2,21,25)(H,22,28)(H,23,29)(H,24,30)(H,26,27)(H,31,32). The molecule has 0 saturated carbocycles. The van der Waals surface area contributed by atoms with Crippen molar-refractivity contribution in [3.05, 3.63) is 0 Å². The van der Waals surface area contributed by atoms with Crippen LogP contribution in [0.15, 0.2) is 0 Å². The van der Waals surface area contributed by atoms with Gasteiger partial charge >= 0.3 is 11.9 Å². The van der Waals surface area contributed by atoms with Gasteiger partial charge in [-0.25, -0.2) is 4.79 Å². The van der Waals surface area contributed by atoms with Crippen molar-refractivity contribution in [2.24, 2.45) is 11.5 Å². The lowest BCUT2D eigenvalue weighted by atomic mass is 10.1. The van der Waals surface area contributed by atoms with E-state index >= 15 is 0 Å². The fourth-order valence-corrected chi connectivity index (χ4v) is 3.60. The van der Waals surface area contributed by atoms with Gasteiger partial charge in [0.2, 0.25) is 23.6 Å². The number of carbonyl (C=O) groups excluding carboxylic acids is 4. The lowest BCUT2D eigenvalue weighted by molar-refractivity contribution is -0.142. The van der Waals surface area contributed by atoms with Crippen molar-refractivity contribution in [3.8, 4) is 0 Å². The minimum atomic E-state index is -1.38. The van der Waals surface area contributed by atoms with E-state index in [0.29, 0.717) is 11.5 Å². The number of nitrogens with two attached hydrogens (primary N) is 2. The van der Waals surface area contributed by atoms with Crippen LogP contribution in [0.4, 0.5) is 0 Å². The highest BCUT2D eigenvalue weighted by Crippen LogP contribution is 2.07. The second-order valence-corrected chi connectivity index (χ2v) is 9.27. The van der Waals surface area contributed by atoms with Crippen LogP contribution in [0.2, 0.25) is 0 Å². The van der Waals surface area contributed by atoms with E-state index in [2.05, 4.69) is 16.0 Å². The van der Waals surface area contributed by atoms with E-state index in [-0.39, 0.29) is 25.7 Å². The number of hydrogen-bond donors (Lipinski definition) is 7. The van der Waals surface area contributed by atoms with Crippen molar-refractivity contribution in [1.29, 1.82) is 0 Å². The molecule has 15 heteroatoms. The first-order valence-electron chi connectivity index (χ1n) is 10.3. The first-order chi connectivity index (χ1) is 15.9. The van der Waals surface area contributed by atoms with E-state index in [1.807, 2.05) is 0 Å². The van der Waals surface area contributed by atoms with Crippen LogP contribution in [0.1, 0.15) is 32.1 Å². The first-order valence-corrected chi connectivity index (χ1v) is 13.1. The van der Waals surface area contributed by atoms with Crippen molar-refractivity contribution in [2.45, 2.75) is 56.3 Å². The SMILES string of the molecule is CSCCC(NC(=O)C(N)CC(=O)O)C(=O)NC(CCSC)C(=O)NC(CCC(N)=O)C(=O)O. The highest BCUT2D eigenvalue weighted by Gasteiger charge is 2.30. The Balaban J connectivity index is 5.43. The quantitative estimate of drug-likeness (QED) is 0.105. The Hall–Kier alpha value is -2.52. The van der Waals surface area contributed by atoms with Gasteiger partial charge in [0.25, 0.3) is 0 Å². The van der Waals surface area contributed by atoms with E-state index in [4.69, 9.17) is 16.6 Å². The topological polar surface area (TPSA) is 231 Å². The normalized spacial score (nSPS) is 14.2. The first kappa shape index (κ1) is 31.5. The van der Waals surface area contributed by atoms with Crippen LogP contribution < -0.4 is 27.4 Å². The number of carboxylic acid groups (broad SMARTS) is 2. The molecule has 9 N–H and O–H groups in total. The largest absolute Gasteiger partial charge is 0.481 e. The zero-order chi connectivity index (χ0) is 26.3. The Morgan fingerprint density at radius 2 is 1.21 bits per heavy atom. The maximum atomic E-state index is 12.9. The van der Waals surface area contributed by atoms with Gasteiger partial charge in [-0.2, -0.15) is 23.5 Å². The Labute approximate surface area is 205 Å². The number of nitrogens with one attached hydrogen (secondary N) is 3. The molecule has 4 amide bonds. The number of aliphatic carboxylic acids is 2. The van der Waals surface area contributed by atoms with Crippen molar-refractivity contribution in [2.75, 3.05) is 24.0 Å². The number of rotatable bonds is 18. The number of carboxylic acids is 2. The molecule has 0 aromatic rings. The summed E-state index contributed by atoms with van der Waals surface area (Å²) in [5, 5.41) is 25.4. The van der Waals surface area contributed by atoms with Gasteiger partial charge in [-0.05, 0) is 43.3 Å². The van der Waals surface area contributed by atoms with Crippen molar-refractivity contribution in [1.82, 2.24) is 16.0 Å². The molecule has 13 nitrogen and oxygen atoms in total. The number of carbonyl (C=O) groups is 6. The van der Waals surface area contributed by atoms with Crippen LogP contribution in [0.5, 0.6) is 0 Å². The Bertz CT molecular complexity index is 739. The zero-order valence-corrected chi connectivity index (χ0v) is 20.7. The van der Waals surface area contributed by atoms with Gasteiger partial charge in [0.05, 0.1) is 12.5 Å². The van der Waals surface area contributed by atoms with Crippen LogP contribution >= 0.6 is 23.5 Å². The molecule has 0 bridgehead atoms. The summed E-state index contributed by atoms with van der Waals surface area (Å²) in [5.41, 5.74) is 10.6. The third-order valence-corrected chi connectivity index (χ3v) is 5.80. The summed E-state index contributed by atoms with van der Waals surface area (Å²) in [6, 6.07) is -4.94. The molecular formula is C19H33N5O8S2. The van der Waals surface area contributed by atoms with Crippen LogP contribution in [0.3, 0.4) is 0 Å². The van der Waals surface area contributed by atoms with Gasteiger partial charge < -0.3 is 37.6 Å². The number of hydrogen-bond acceptors (Lipinski definition) is 9. The Morgan fingerprint density at radius 1 is 0.765 bits per heavy atom. The monoisotopic (exact) mass is 523 g/mol. The molecule has 0 radical (unpaired) electrons. The molecule has 0 saturated heterocycles. The minimum Gasteiger partial charge on any atom is -0.481 e. The summed E-state index contributed by atoms with van der Waals surface area (Å²) in [4.78, 5) is 71.0. The summed E-state index contributed by atoms with van der Waals surface area (Å²) < 4.78 is 0. The molecule has 0 aliphatic heterocycles. The molecule has 4 atom stereocenters. The number of amides is 4. The second-order valence-electron chi connectivity index (χ2n) is 7.29. The number of primary amides is 1. The van der Waals surface area contributed by atoms with Gasteiger partial charge in [0, 0.05) is 6.42 Å². The zero-order valence-electron chi connectivity index (χ0n) is 19.1. The molecule has 0 heterocycles. The molecule has 0 spiro atoms. The molecule has 34 heavy (non-hydrogen) atoms. The maximum Gasteiger partial charge on any atom is 0.326 e. The van der Waals surface area contributed by atoms with E-state index in [0.717, 1.165) is 0 Å². The molecule has 4 unspecified atom stereocenters. The Kier molecular flexibility index (Phi) is 15.7. The third kappa shape index (κ3) is 13.3. The van der Waals surface area contributed by atoms with E-state index in [1.54, 1.807) is 12.5 Å². The predicted molar refractivity (Wildman–Crippen MR) is 128 cm³/mol. The van der Waals surface area contributed by atoms with E-state index < -0.39 is 66.2 Å². The highest BCUT2D eigenvalue weighted by molar-refractivity contribution is 7.98. The van der Waals surface area contributed by atoms with Crippen molar-refractivity contribution in [3.63, 3.8) is 0 Å². The van der Waals surface area contributed by atoms with E-state index in [9.17, 15) is 33.9 Å². The summed E-state index contributed by atoms with van der Waals surface area (Å²) in [5.74, 6) is -4.71. The number of thioether (sulfide) groups is 2. The van der Waals surface area contributed by atoms with Gasteiger partial charge in [-0.15, -0.1) is 0 Å². The van der Waals surface area contributed by atoms with Gasteiger partial charge in [0.1, 0.15) is 18.1 Å². The van der Waals surface area contributed by atoms with Crippen LogP contribution in [-0.2, 0) is 28.8 Å². The summed E-state index contributed by atoms with van der Waals surface area (Å²) in [6.07, 6.45) is 2.85. The van der Waals surface area contributed by atoms with Crippen LogP contribution in [0, 0.1) is 0 Å². The molecule has 0 rings (SSSR count). The van der Waals surface area contributed by atoms with E-state index in [1.165, 1.54) is 23.5 Å². The third-order valence-electron chi connectivity index (χ3n) is 4.51. The van der Waals surface area contributed by atoms with Gasteiger partial charge in [-0.3, -0.25) is 24.0 Å². The molecule has 194 valence electrons. The van der Waals surface area contributed by atoms with Crippen molar-refractivity contribution < 1.29 is 39.0 Å². The van der Waals surface area contributed by atoms with Crippen molar-refractivity contribution >= 4 is 59.1 Å². The molecule has 0 aromatic carbocycles. The smallest absolute Gasteiger partial charge is 0.326 e. The van der Waals surface area contributed by atoms with Gasteiger partial charge in [0.15, 0.2) is 0 Å². The van der Waals surface area contributed by atoms with Crippen LogP contribution in [0.25, 0.3) is 0 Å². The summed E-state index contributed by atoms with van der Waals surface area (Å²) >= 11 is 2.81. The second kappa shape index (κ2) is 17.0. The minimum absolute atomic E-state index is 0.169. The van der Waals surface area contributed by atoms with Crippen LogP contribution in [-0.4, -0.2) is 94.0 Å². The molecule has 0 aromatic heterocycles. The molecule has 0 aliphatic carbocycles. The average Bonchev–Trinajstić information content (AvgIpc) is 2.75. The lowest BCUT2D eigenvalue weighted by Crippen LogP contribution is -2.57. The Morgan fingerprint density at radius 3 is 1.59 bits per heavy atom. The predicted octanol–water partition coefficient (Wildman–Crippen LogP) is -1.90. The summed E-state index contributed by atoms with van der Waals surface area (Å²) in [7, 11) is 0. The molecule has 0 aliphatic rings. The summed E-state index contributed by atoms with van der Waals surface area (Å²) in [6.45, 7) is 0. The molecule has 0 fully saturated rings.